The molecule has 2 bridgehead atoms. The molecule has 1 spiro atoms. The number of fused-ring (bicyclic) bond motifs is 4. The summed E-state index contributed by atoms with van der Waals surface area (Å²) in [6.07, 6.45) is -20.0. The number of allylic oxidation sites excluding steroid dienone is 1. The number of aliphatic hydroxyl groups is 10. The maximum absolute atomic E-state index is 15.1. The minimum absolute atomic E-state index is 0.00286. The Morgan fingerprint density at radius 3 is 1.99 bits per heavy atom. The van der Waals surface area contributed by atoms with Gasteiger partial charge in [0.1, 0.15) is 90.5 Å². The van der Waals surface area contributed by atoms with Gasteiger partial charge in [-0.05, 0) is 123 Å². The summed E-state index contributed by atoms with van der Waals surface area (Å²) >= 11 is 0. The summed E-state index contributed by atoms with van der Waals surface area (Å²) in [6.45, 7) is 17.6. The number of aliphatic hydroxyl groups excluding tert-OH is 10. The largest absolute Gasteiger partial charge is 0.508 e. The van der Waals surface area contributed by atoms with Crippen LogP contribution in [0.4, 0.5) is 0 Å². The van der Waals surface area contributed by atoms with E-state index in [0.29, 0.717) is 56.1 Å². The summed E-state index contributed by atoms with van der Waals surface area (Å²) in [6, 6.07) is 5.97. The van der Waals surface area contributed by atoms with Gasteiger partial charge in [0.25, 0.3) is 0 Å². The highest BCUT2D eigenvalue weighted by atomic mass is 16.8. The van der Waals surface area contributed by atoms with Crippen molar-refractivity contribution in [3.05, 3.63) is 47.6 Å². The fourth-order valence-corrected chi connectivity index (χ4v) is 18.7. The van der Waals surface area contributed by atoms with E-state index in [9.17, 15) is 70.6 Å². The molecule has 11 N–H and O–H groups in total. The maximum atomic E-state index is 15.1. The Hall–Kier alpha value is -4.22. The smallest absolute Gasteiger partial charge is 0.333 e. The Bertz CT molecular complexity index is 2840. The first-order valence-electron chi connectivity index (χ1n) is 31.5. The topological polar surface area (TPSA) is 374 Å². The molecule has 0 amide bonds. The standard InChI is InChI=1S/C65H94O24/c1-11-30(2)55(79)88-53-54(83-31(3)67)65-40(25-59(53,4)5)64(89-58(65)80)23-19-39-61(8)21-20-42(60(6,7)38(61)18-22-62(39,9)63(64,10)26-41(65)69)86-57-52(50(77)47(74)36(85-57)28-81-35-24-33(27-66)44(71)48(75)45(35)72)87-56-51(78)49(76)46(73)37(84-56)29-82-43(70)17-14-32-12-15-34(68)16-13-32/h11-17,33,35-42,44-54,56-57,66,68-69,71-78H,18-29H2,1-10H3. The van der Waals surface area contributed by atoms with E-state index in [1.807, 2.05) is 13.8 Å². The predicted octanol–water partition coefficient (Wildman–Crippen LogP) is 2.01. The SMILES string of the molecule is CC=C(C)C(=O)OC1C(OC(C)=O)C23C(=O)OC4(CCC5C6(C)CCC(OC7OC(COC8CC(CO)C(O)C(O)C8O)C(O)C(O)C7OC7OC(COC(=O)C=Cc8ccc(O)cc8)C(O)C(O)C7O)C(C)(C)C6CCC5(C)C4(C)CC2O)C3CC1(C)C. The van der Waals surface area contributed by atoms with Crippen LogP contribution in [-0.2, 0) is 61.8 Å². The highest BCUT2D eigenvalue weighted by Gasteiger charge is 2.87. The molecule has 27 unspecified atom stereocenters. The van der Waals surface area contributed by atoms with Crippen LogP contribution in [-0.4, -0.2) is 216 Å². The number of benzene rings is 1. The van der Waals surface area contributed by atoms with Crippen LogP contribution in [0.2, 0.25) is 0 Å². The van der Waals surface area contributed by atoms with E-state index in [1.165, 1.54) is 25.1 Å². The number of hydrogen-bond donors (Lipinski definition) is 11. The summed E-state index contributed by atoms with van der Waals surface area (Å²) in [4.78, 5) is 54.6. The lowest BCUT2D eigenvalue weighted by molar-refractivity contribution is -0.380. The van der Waals surface area contributed by atoms with Gasteiger partial charge in [0.15, 0.2) is 18.7 Å². The molecule has 3 saturated heterocycles. The first-order valence-corrected chi connectivity index (χ1v) is 31.5. The number of carbonyl (C=O) groups is 4. The number of carbonyl (C=O) groups excluding carboxylic acids is 4. The van der Waals surface area contributed by atoms with Crippen molar-refractivity contribution in [3.8, 4) is 5.75 Å². The molecule has 6 aliphatic carbocycles. The Morgan fingerprint density at radius 2 is 1.33 bits per heavy atom. The summed E-state index contributed by atoms with van der Waals surface area (Å²) in [7, 11) is 0. The van der Waals surface area contributed by atoms with E-state index in [0.717, 1.165) is 6.08 Å². The molecule has 0 radical (unpaired) electrons. The highest BCUT2D eigenvalue weighted by molar-refractivity contribution is 5.89. The molecule has 3 aliphatic heterocycles. The van der Waals surface area contributed by atoms with Gasteiger partial charge in [-0.3, -0.25) is 9.59 Å². The van der Waals surface area contributed by atoms with Crippen LogP contribution in [0.1, 0.15) is 133 Å². The first kappa shape index (κ1) is 67.7. The molecule has 89 heavy (non-hydrogen) atoms. The average Bonchev–Trinajstić information content (AvgIpc) is 1.57. The predicted molar refractivity (Wildman–Crippen MR) is 310 cm³/mol. The molecule has 9 fully saturated rings. The van der Waals surface area contributed by atoms with Crippen molar-refractivity contribution in [2.75, 3.05) is 19.8 Å². The summed E-state index contributed by atoms with van der Waals surface area (Å²) in [5.41, 5.74) is -5.28. The third-order valence-corrected chi connectivity index (χ3v) is 23.8. The zero-order valence-corrected chi connectivity index (χ0v) is 52.5. The molecule has 6 saturated carbocycles. The number of rotatable bonds is 15. The number of aromatic hydroxyl groups is 1. The van der Waals surface area contributed by atoms with Gasteiger partial charge in [0.2, 0.25) is 0 Å². The van der Waals surface area contributed by atoms with E-state index in [2.05, 4.69) is 34.6 Å². The number of phenolic OH excluding ortho intramolecular Hbond substituents is 1. The van der Waals surface area contributed by atoms with Crippen molar-refractivity contribution in [2.45, 2.75) is 243 Å². The zero-order chi connectivity index (χ0) is 65.0. The molecule has 9 aliphatic rings. The van der Waals surface area contributed by atoms with Crippen LogP contribution >= 0.6 is 0 Å². The van der Waals surface area contributed by atoms with Gasteiger partial charge in [-0.15, -0.1) is 0 Å². The lowest BCUT2D eigenvalue weighted by atomic mass is 9.30. The van der Waals surface area contributed by atoms with Gasteiger partial charge in [-0.1, -0.05) is 66.7 Å². The molecule has 3 heterocycles. The molecule has 10 rings (SSSR count). The average molecular weight is 1260 g/mol. The fourth-order valence-electron chi connectivity index (χ4n) is 18.7. The van der Waals surface area contributed by atoms with Crippen molar-refractivity contribution < 1.29 is 118 Å². The molecule has 1 aromatic carbocycles. The second-order valence-electron chi connectivity index (χ2n) is 29.1. The molecule has 0 aromatic heterocycles. The lowest BCUT2D eigenvalue weighted by Gasteiger charge is -2.74. The van der Waals surface area contributed by atoms with Crippen molar-refractivity contribution >= 4 is 30.0 Å². The van der Waals surface area contributed by atoms with E-state index < -0.39 is 204 Å². The van der Waals surface area contributed by atoms with E-state index in [1.54, 1.807) is 32.1 Å². The van der Waals surface area contributed by atoms with Gasteiger partial charge < -0.3 is 98.8 Å². The fraction of sp³-hybridized carbons (Fsp3) is 0.785. The van der Waals surface area contributed by atoms with E-state index >= 15 is 4.79 Å². The van der Waals surface area contributed by atoms with E-state index in [4.69, 9.17) is 42.6 Å². The van der Waals surface area contributed by atoms with Gasteiger partial charge in [-0.2, -0.15) is 0 Å². The quantitative estimate of drug-likeness (QED) is 0.0518. The molecule has 1 aromatic rings. The van der Waals surface area contributed by atoms with E-state index in [-0.39, 0.29) is 30.4 Å². The van der Waals surface area contributed by atoms with Gasteiger partial charge in [0, 0.05) is 47.8 Å². The first-order chi connectivity index (χ1) is 41.7. The van der Waals surface area contributed by atoms with Crippen molar-refractivity contribution in [1.29, 1.82) is 0 Å². The molecule has 498 valence electrons. The molecular formula is C65H94O24. The van der Waals surface area contributed by atoms with Crippen molar-refractivity contribution in [3.63, 3.8) is 0 Å². The third-order valence-electron chi connectivity index (χ3n) is 23.8. The number of phenols is 1. The van der Waals surface area contributed by atoms with Crippen LogP contribution in [0.3, 0.4) is 0 Å². The van der Waals surface area contributed by atoms with Crippen LogP contribution < -0.4 is 0 Å². The monoisotopic (exact) mass is 1260 g/mol. The Labute approximate surface area is 518 Å². The van der Waals surface area contributed by atoms with Crippen LogP contribution in [0.25, 0.3) is 6.08 Å². The molecule has 24 heteroatoms. The Kier molecular flexibility index (Phi) is 18.7. The highest BCUT2D eigenvalue weighted by Crippen LogP contribution is 2.81. The maximum Gasteiger partial charge on any atom is 0.333 e. The third kappa shape index (κ3) is 11.0. The number of esters is 4. The second-order valence-corrected chi connectivity index (χ2v) is 29.1. The summed E-state index contributed by atoms with van der Waals surface area (Å²) < 4.78 is 56.5. The van der Waals surface area contributed by atoms with Gasteiger partial charge in [0.05, 0.1) is 31.0 Å². The summed E-state index contributed by atoms with van der Waals surface area (Å²) in [5, 5.41) is 122. The summed E-state index contributed by atoms with van der Waals surface area (Å²) in [5.74, 6) is -4.38. The Balaban J connectivity index is 0.911. The van der Waals surface area contributed by atoms with Crippen LogP contribution in [0.5, 0.6) is 5.75 Å². The lowest BCUT2D eigenvalue weighted by Crippen LogP contribution is -2.77. The number of hydrogen-bond acceptors (Lipinski definition) is 24. The minimum Gasteiger partial charge on any atom is -0.508 e. The molecular weight excluding hydrogens is 1160 g/mol. The van der Waals surface area contributed by atoms with Gasteiger partial charge in [-0.25, -0.2) is 9.59 Å². The second kappa shape index (κ2) is 24.6. The van der Waals surface area contributed by atoms with Crippen molar-refractivity contribution in [1.82, 2.24) is 0 Å². The normalized spacial score (nSPS) is 47.4. The van der Waals surface area contributed by atoms with Gasteiger partial charge >= 0.3 is 23.9 Å². The molecule has 27 atom stereocenters. The van der Waals surface area contributed by atoms with Crippen LogP contribution in [0.15, 0.2) is 42.0 Å². The molecule has 24 nitrogen and oxygen atoms in total. The van der Waals surface area contributed by atoms with Crippen LogP contribution in [0, 0.1) is 56.2 Å². The zero-order valence-electron chi connectivity index (χ0n) is 52.5. The minimum atomic E-state index is -1.98. The Morgan fingerprint density at radius 1 is 0.685 bits per heavy atom. The van der Waals surface area contributed by atoms with Crippen molar-refractivity contribution in [2.24, 2.45) is 56.2 Å². The number of ether oxygens (including phenoxy) is 9.